The quantitative estimate of drug-likeness (QED) is 0.507. The maximum atomic E-state index is 12.7. The van der Waals surface area contributed by atoms with E-state index in [1.54, 1.807) is 30.3 Å². The molecule has 2 aromatic rings. The fraction of sp³-hybridized carbons (Fsp3) is 0.333. The van der Waals surface area contributed by atoms with Crippen molar-refractivity contribution in [1.82, 2.24) is 10.2 Å². The zero-order chi connectivity index (χ0) is 19.2. The van der Waals surface area contributed by atoms with Gasteiger partial charge in [0.2, 0.25) is 16.9 Å². The Morgan fingerprint density at radius 3 is 2.85 bits per heavy atom. The first-order valence-electron chi connectivity index (χ1n) is 8.57. The Balaban J connectivity index is 1.65. The summed E-state index contributed by atoms with van der Waals surface area (Å²) in [4.78, 5) is 26.4. The smallest absolute Gasteiger partial charge is 0.247 e. The van der Waals surface area contributed by atoms with E-state index in [4.69, 9.17) is 4.74 Å². The van der Waals surface area contributed by atoms with Crippen LogP contribution in [0, 0.1) is 0 Å². The number of hydrogen-bond donors (Lipinski definition) is 1. The molecule has 1 saturated heterocycles. The summed E-state index contributed by atoms with van der Waals surface area (Å²) in [5.41, 5.74) is 0.558. The predicted molar refractivity (Wildman–Crippen MR) is 108 cm³/mol. The average molecular weight is 405 g/mol. The Hall–Kier alpha value is -2.39. The molecule has 7 nitrogen and oxygen atoms in total. The highest BCUT2D eigenvalue weighted by atomic mass is 32.2. The zero-order valence-corrected chi connectivity index (χ0v) is 16.5. The van der Waals surface area contributed by atoms with Gasteiger partial charge in [0.25, 0.3) is 0 Å². The summed E-state index contributed by atoms with van der Waals surface area (Å²) in [6.45, 7) is 6.89. The van der Waals surface area contributed by atoms with Crippen LogP contribution in [0.15, 0.2) is 41.3 Å². The van der Waals surface area contributed by atoms with Crippen molar-refractivity contribution in [1.29, 1.82) is 0 Å². The number of hydrogen-bond acceptors (Lipinski definition) is 8. The van der Waals surface area contributed by atoms with Crippen LogP contribution < -0.4 is 15.0 Å². The van der Waals surface area contributed by atoms with E-state index in [1.807, 2.05) is 6.92 Å². The molecule has 0 unspecified atom stereocenters. The Morgan fingerprint density at radius 1 is 1.37 bits per heavy atom. The molecule has 1 aromatic heterocycles. The van der Waals surface area contributed by atoms with Gasteiger partial charge < -0.3 is 10.1 Å². The minimum absolute atomic E-state index is 0.145. The first-order chi connectivity index (χ1) is 13.1. The van der Waals surface area contributed by atoms with Crippen LogP contribution in [0.25, 0.3) is 0 Å². The van der Waals surface area contributed by atoms with E-state index in [9.17, 15) is 9.59 Å². The number of benzene rings is 1. The fourth-order valence-electron chi connectivity index (χ4n) is 2.49. The number of nitrogens with one attached hydrogen (secondary N) is 1. The number of aromatic nitrogens is 2. The van der Waals surface area contributed by atoms with Crippen LogP contribution in [-0.4, -0.2) is 40.4 Å². The number of amides is 2. The first-order valence-corrected chi connectivity index (χ1v) is 10.3. The lowest BCUT2D eigenvalue weighted by atomic mass is 10.3. The number of carbonyl (C=O) groups excluding carboxylic acids is 2. The van der Waals surface area contributed by atoms with Crippen molar-refractivity contribution in [2.24, 2.45) is 0 Å². The molecule has 0 bridgehead atoms. The summed E-state index contributed by atoms with van der Waals surface area (Å²) in [5.74, 6) is 0.274. The van der Waals surface area contributed by atoms with Gasteiger partial charge >= 0.3 is 0 Å². The molecule has 1 fully saturated rings. The minimum atomic E-state index is -0.492. The van der Waals surface area contributed by atoms with Gasteiger partial charge in [0.05, 0.1) is 12.3 Å². The number of anilines is 2. The molecule has 0 spiro atoms. The standard InChI is InChI=1S/C18H20N4O3S2/c1-3-9-19-17-20-21-18(27-17)26-14-11-15(23)22(16(14)24)12-5-7-13(8-6-12)25-10-4-2/h3,5-8,14H,1,4,9-11H2,2H3,(H,19,20)/t14-/m0/s1. The number of rotatable bonds is 9. The van der Waals surface area contributed by atoms with E-state index in [1.165, 1.54) is 28.0 Å². The van der Waals surface area contributed by atoms with Gasteiger partial charge in [-0.05, 0) is 30.7 Å². The second-order valence-electron chi connectivity index (χ2n) is 5.76. The maximum absolute atomic E-state index is 12.7. The molecule has 0 radical (unpaired) electrons. The maximum Gasteiger partial charge on any atom is 0.247 e. The van der Waals surface area contributed by atoms with Gasteiger partial charge in [-0.1, -0.05) is 36.1 Å². The van der Waals surface area contributed by atoms with E-state index in [-0.39, 0.29) is 18.2 Å². The van der Waals surface area contributed by atoms with Crippen LogP contribution >= 0.6 is 23.1 Å². The topological polar surface area (TPSA) is 84.4 Å². The van der Waals surface area contributed by atoms with E-state index in [0.717, 1.165) is 12.2 Å². The molecule has 0 saturated carbocycles. The lowest BCUT2D eigenvalue weighted by Crippen LogP contribution is -2.31. The van der Waals surface area contributed by atoms with Gasteiger partial charge in [-0.2, -0.15) is 0 Å². The molecule has 1 aromatic carbocycles. The zero-order valence-electron chi connectivity index (χ0n) is 14.9. The van der Waals surface area contributed by atoms with Crippen molar-refractivity contribution < 1.29 is 14.3 Å². The van der Waals surface area contributed by atoms with Gasteiger partial charge in [0.1, 0.15) is 11.0 Å². The van der Waals surface area contributed by atoms with E-state index in [0.29, 0.717) is 28.3 Å². The third-order valence-corrected chi connectivity index (χ3v) is 5.87. The highest BCUT2D eigenvalue weighted by molar-refractivity contribution is 8.02. The van der Waals surface area contributed by atoms with Crippen LogP contribution in [-0.2, 0) is 9.59 Å². The average Bonchev–Trinajstić information content (AvgIpc) is 3.23. The van der Waals surface area contributed by atoms with Crippen molar-refractivity contribution in [2.45, 2.75) is 29.4 Å². The number of carbonyl (C=O) groups is 2. The highest BCUT2D eigenvalue weighted by Gasteiger charge is 2.40. The van der Waals surface area contributed by atoms with Gasteiger partial charge in [0.15, 0.2) is 4.34 Å². The fourth-order valence-corrected chi connectivity index (χ4v) is 4.51. The summed E-state index contributed by atoms with van der Waals surface area (Å²) >= 11 is 2.63. The van der Waals surface area contributed by atoms with E-state index < -0.39 is 5.25 Å². The summed E-state index contributed by atoms with van der Waals surface area (Å²) < 4.78 is 6.19. The molecule has 1 aliphatic rings. The van der Waals surface area contributed by atoms with Crippen molar-refractivity contribution in [3.8, 4) is 5.75 Å². The summed E-state index contributed by atoms with van der Waals surface area (Å²) in [5, 5.41) is 11.3. The van der Waals surface area contributed by atoms with Crippen LogP contribution in [0.4, 0.5) is 10.8 Å². The molecule has 1 atom stereocenters. The van der Waals surface area contributed by atoms with Gasteiger partial charge in [-0.15, -0.1) is 16.8 Å². The monoisotopic (exact) mass is 404 g/mol. The van der Waals surface area contributed by atoms with Crippen molar-refractivity contribution in [3.05, 3.63) is 36.9 Å². The highest BCUT2D eigenvalue weighted by Crippen LogP contribution is 2.36. The Kier molecular flexibility index (Phi) is 6.46. The Bertz CT molecular complexity index is 822. The van der Waals surface area contributed by atoms with Gasteiger partial charge in [0, 0.05) is 13.0 Å². The molecule has 0 aliphatic carbocycles. The van der Waals surface area contributed by atoms with Crippen molar-refractivity contribution >= 4 is 45.7 Å². The summed E-state index contributed by atoms with van der Waals surface area (Å²) in [7, 11) is 0. The number of thioether (sulfide) groups is 1. The molecule has 142 valence electrons. The lowest BCUT2D eigenvalue weighted by Gasteiger charge is -2.15. The molecule has 2 amide bonds. The second-order valence-corrected chi connectivity index (χ2v) is 8.19. The summed E-state index contributed by atoms with van der Waals surface area (Å²) in [6, 6.07) is 7.01. The van der Waals surface area contributed by atoms with E-state index in [2.05, 4.69) is 22.1 Å². The van der Waals surface area contributed by atoms with Crippen LogP contribution in [0.5, 0.6) is 5.75 Å². The number of ether oxygens (including phenoxy) is 1. The molecule has 1 N–H and O–H groups in total. The molecular formula is C18H20N4O3S2. The first kappa shape index (κ1) is 19.4. The van der Waals surface area contributed by atoms with Gasteiger partial charge in [-0.3, -0.25) is 9.59 Å². The minimum Gasteiger partial charge on any atom is -0.494 e. The van der Waals surface area contributed by atoms with Crippen molar-refractivity contribution in [3.63, 3.8) is 0 Å². The third-order valence-electron chi connectivity index (χ3n) is 3.72. The molecular weight excluding hydrogens is 384 g/mol. The SMILES string of the molecule is C=CCNc1nnc(S[C@H]2CC(=O)N(c3ccc(OCCC)cc3)C2=O)s1. The van der Waals surface area contributed by atoms with Crippen LogP contribution in [0.2, 0.25) is 0 Å². The van der Waals surface area contributed by atoms with Gasteiger partial charge in [-0.25, -0.2) is 4.90 Å². The Morgan fingerprint density at radius 2 is 2.15 bits per heavy atom. The lowest BCUT2D eigenvalue weighted by molar-refractivity contribution is -0.121. The van der Waals surface area contributed by atoms with Crippen LogP contribution in [0.1, 0.15) is 19.8 Å². The van der Waals surface area contributed by atoms with Crippen LogP contribution in [0.3, 0.4) is 0 Å². The van der Waals surface area contributed by atoms with E-state index >= 15 is 0 Å². The number of imide groups is 1. The summed E-state index contributed by atoms with van der Waals surface area (Å²) in [6.07, 6.45) is 2.79. The molecule has 1 aliphatic heterocycles. The second kappa shape index (κ2) is 9.01. The number of nitrogens with zero attached hydrogens (tertiary/aromatic N) is 3. The van der Waals surface area contributed by atoms with Crippen molar-refractivity contribution in [2.75, 3.05) is 23.4 Å². The molecule has 27 heavy (non-hydrogen) atoms. The normalized spacial score (nSPS) is 16.6. The molecule has 3 rings (SSSR count). The third kappa shape index (κ3) is 4.67. The largest absolute Gasteiger partial charge is 0.494 e. The molecule has 9 heteroatoms. The Labute approximate surface area is 165 Å². The predicted octanol–water partition coefficient (Wildman–Crippen LogP) is 3.35. The molecule has 2 heterocycles.